The zero-order valence-corrected chi connectivity index (χ0v) is 33.6. The van der Waals surface area contributed by atoms with Gasteiger partial charge in [0.15, 0.2) is 0 Å². The Labute approximate surface area is 308 Å². The molecule has 0 radical (unpaired) electrons. The molecule has 2 aliphatic heterocycles. The van der Waals surface area contributed by atoms with Gasteiger partial charge in [0.25, 0.3) is 0 Å². The number of rotatable bonds is 10. The van der Waals surface area contributed by atoms with Crippen LogP contribution in [0.4, 0.5) is 0 Å². The molecule has 2 nitrogen and oxygen atoms in total. The number of nitrogens with one attached hydrogen (secondary N) is 2. The molecule has 3 aromatic rings. The zero-order valence-electron chi connectivity index (χ0n) is 31.5. The second-order valence-corrected chi connectivity index (χ2v) is 21.3. The Morgan fingerprint density at radius 1 is 0.700 bits per heavy atom. The SMILES string of the molecule is CC(C)(c1ccccc1)c1cc(CP(C2CCCCN2)C2CCCCN2)c(C23CC4CC(CC(C4)C2CP)C3)cc1C(C)(C)c1ccccc1. The lowest BCUT2D eigenvalue weighted by atomic mass is 9.43. The van der Waals surface area contributed by atoms with E-state index in [1.807, 2.05) is 0 Å². The maximum atomic E-state index is 4.12. The van der Waals surface area contributed by atoms with Crippen LogP contribution in [0.15, 0.2) is 72.8 Å². The fraction of sp³-hybridized carbons (Fsp3) is 0.609. The van der Waals surface area contributed by atoms with Gasteiger partial charge < -0.3 is 10.6 Å². The summed E-state index contributed by atoms with van der Waals surface area (Å²) in [5.41, 5.74) is 9.55. The molecule has 0 amide bonds. The summed E-state index contributed by atoms with van der Waals surface area (Å²) in [6.45, 7) is 12.5. The lowest BCUT2D eigenvalue weighted by molar-refractivity contribution is -0.0521. The van der Waals surface area contributed by atoms with Crippen LogP contribution in [0.3, 0.4) is 0 Å². The Hall–Kier alpha value is -1.56. The highest BCUT2D eigenvalue weighted by Gasteiger charge is 2.58. The zero-order chi connectivity index (χ0) is 34.5. The highest BCUT2D eigenvalue weighted by Crippen LogP contribution is 2.66. The van der Waals surface area contributed by atoms with E-state index >= 15 is 0 Å². The first-order valence-electron chi connectivity index (χ1n) is 20.4. The fourth-order valence-electron chi connectivity index (χ4n) is 12.1. The van der Waals surface area contributed by atoms with Crippen LogP contribution in [0.2, 0.25) is 0 Å². The van der Waals surface area contributed by atoms with Crippen molar-refractivity contribution in [3.05, 3.63) is 106 Å². The molecular formula is C46H64N2P2. The highest BCUT2D eigenvalue weighted by atomic mass is 31.1. The summed E-state index contributed by atoms with van der Waals surface area (Å²) in [6, 6.07) is 28.6. The molecule has 9 rings (SSSR count). The summed E-state index contributed by atoms with van der Waals surface area (Å²) in [5, 5.41) is 8.25. The van der Waals surface area contributed by atoms with Crippen molar-refractivity contribution in [1.82, 2.24) is 10.6 Å². The molecule has 50 heavy (non-hydrogen) atoms. The van der Waals surface area contributed by atoms with Crippen LogP contribution in [0.5, 0.6) is 0 Å². The third kappa shape index (κ3) is 6.40. The smallest absolute Gasteiger partial charge is 0.0286 e. The Morgan fingerprint density at radius 2 is 1.22 bits per heavy atom. The van der Waals surface area contributed by atoms with Gasteiger partial charge in [-0.05, 0) is 146 Å². The molecule has 6 fully saturated rings. The molecule has 6 atom stereocenters. The molecule has 0 aromatic heterocycles. The van der Waals surface area contributed by atoms with Crippen molar-refractivity contribution in [1.29, 1.82) is 0 Å². The standard InChI is InChI=1S/C46H64N2P2/c1-44(2,36-15-7-5-8-16-36)39-26-35(31-50(42-19-11-13-21-47-42)43-20-12-14-22-48-43)38(27-40(39)45(3,4)37-17-9-6-10-18-37)46-28-32-23-33(29-46)25-34(24-32)41(46)30-49/h5-10,15-18,26-27,32-34,41-43,47-48H,11-14,19-25,28-31,49H2,1-4H3. The van der Waals surface area contributed by atoms with Gasteiger partial charge in [0.1, 0.15) is 0 Å². The van der Waals surface area contributed by atoms with Gasteiger partial charge >= 0.3 is 0 Å². The molecule has 6 aliphatic rings. The molecule has 2 heterocycles. The van der Waals surface area contributed by atoms with E-state index in [0.29, 0.717) is 17.0 Å². The molecule has 268 valence electrons. The third-order valence-corrected chi connectivity index (χ3v) is 18.3. The minimum Gasteiger partial charge on any atom is -0.310 e. The van der Waals surface area contributed by atoms with E-state index in [4.69, 9.17) is 0 Å². The second kappa shape index (κ2) is 14.3. The summed E-state index contributed by atoms with van der Waals surface area (Å²) in [5.74, 6) is 4.86. The lowest BCUT2D eigenvalue weighted by Gasteiger charge is -2.62. The van der Waals surface area contributed by atoms with Crippen molar-refractivity contribution in [2.24, 2.45) is 23.7 Å². The van der Waals surface area contributed by atoms with Crippen LogP contribution in [0.1, 0.15) is 132 Å². The van der Waals surface area contributed by atoms with Crippen LogP contribution in [-0.4, -0.2) is 30.8 Å². The molecule has 2 N–H and O–H groups in total. The predicted molar refractivity (Wildman–Crippen MR) is 219 cm³/mol. The minimum atomic E-state index is -0.261. The van der Waals surface area contributed by atoms with E-state index in [2.05, 4.69) is 120 Å². The maximum absolute atomic E-state index is 4.12. The lowest BCUT2D eigenvalue weighted by Crippen LogP contribution is -2.56. The van der Waals surface area contributed by atoms with Gasteiger partial charge in [0.05, 0.1) is 0 Å². The Balaban J connectivity index is 1.37. The summed E-state index contributed by atoms with van der Waals surface area (Å²) < 4.78 is 0. The fourth-order valence-corrected chi connectivity index (χ4v) is 16.3. The number of benzene rings is 3. The first-order chi connectivity index (χ1) is 24.2. The number of hydrogen-bond acceptors (Lipinski definition) is 2. The minimum absolute atomic E-state index is 0.116. The molecule has 3 aromatic carbocycles. The molecule has 4 saturated carbocycles. The number of hydrogen-bond donors (Lipinski definition) is 2. The second-order valence-electron chi connectivity index (χ2n) is 18.2. The summed E-state index contributed by atoms with van der Waals surface area (Å²) in [4.78, 5) is 0. The van der Waals surface area contributed by atoms with Crippen molar-refractivity contribution in [3.63, 3.8) is 0 Å². The van der Waals surface area contributed by atoms with E-state index < -0.39 is 0 Å². The Kier molecular flexibility index (Phi) is 10.2. The van der Waals surface area contributed by atoms with E-state index in [1.165, 1.54) is 107 Å². The van der Waals surface area contributed by atoms with Gasteiger partial charge in [0.2, 0.25) is 0 Å². The first-order valence-corrected chi connectivity index (χ1v) is 22.9. The average Bonchev–Trinajstić information content (AvgIpc) is 3.14. The van der Waals surface area contributed by atoms with Crippen molar-refractivity contribution in [3.8, 4) is 0 Å². The molecule has 6 unspecified atom stereocenters. The largest absolute Gasteiger partial charge is 0.310 e. The molecular weight excluding hydrogens is 642 g/mol. The topological polar surface area (TPSA) is 24.1 Å². The monoisotopic (exact) mass is 706 g/mol. The number of piperidine rings is 2. The Morgan fingerprint density at radius 3 is 1.70 bits per heavy atom. The van der Waals surface area contributed by atoms with E-state index in [-0.39, 0.29) is 18.8 Å². The van der Waals surface area contributed by atoms with Crippen molar-refractivity contribution in [2.75, 3.05) is 19.3 Å². The summed E-state index contributed by atoms with van der Waals surface area (Å²) in [6.07, 6.45) is 18.0. The molecule has 4 heteroatoms. The van der Waals surface area contributed by atoms with Gasteiger partial charge in [-0.3, -0.25) is 0 Å². The maximum Gasteiger partial charge on any atom is 0.0286 e. The van der Waals surface area contributed by atoms with Crippen LogP contribution in [0, 0.1) is 23.7 Å². The molecule has 4 bridgehead atoms. The molecule has 0 spiro atoms. The Bertz CT molecular complexity index is 1570. The van der Waals surface area contributed by atoms with Crippen LogP contribution >= 0.6 is 17.2 Å². The first kappa shape index (κ1) is 35.5. The van der Waals surface area contributed by atoms with Crippen molar-refractivity contribution >= 4 is 17.2 Å². The quantitative estimate of drug-likeness (QED) is 0.205. The van der Waals surface area contributed by atoms with Crippen LogP contribution in [-0.2, 0) is 22.4 Å². The summed E-state index contributed by atoms with van der Waals surface area (Å²) >= 11 is 0. The highest BCUT2D eigenvalue weighted by molar-refractivity contribution is 7.58. The summed E-state index contributed by atoms with van der Waals surface area (Å²) in [7, 11) is 3.01. The van der Waals surface area contributed by atoms with Gasteiger partial charge in [0, 0.05) is 22.4 Å². The van der Waals surface area contributed by atoms with Crippen LogP contribution < -0.4 is 10.6 Å². The van der Waals surface area contributed by atoms with Gasteiger partial charge in [-0.1, -0.05) is 121 Å². The van der Waals surface area contributed by atoms with E-state index in [0.717, 1.165) is 23.7 Å². The van der Waals surface area contributed by atoms with Gasteiger partial charge in [-0.15, -0.1) is 9.24 Å². The van der Waals surface area contributed by atoms with E-state index in [9.17, 15) is 0 Å². The van der Waals surface area contributed by atoms with Crippen molar-refractivity contribution in [2.45, 2.75) is 132 Å². The van der Waals surface area contributed by atoms with Gasteiger partial charge in [-0.25, -0.2) is 0 Å². The molecule has 4 aliphatic carbocycles. The predicted octanol–water partition coefficient (Wildman–Crippen LogP) is 11.1. The van der Waals surface area contributed by atoms with Crippen molar-refractivity contribution < 1.29 is 0 Å². The normalized spacial score (nSPS) is 31.9. The van der Waals surface area contributed by atoms with Gasteiger partial charge in [-0.2, -0.15) is 0 Å². The third-order valence-electron chi connectivity index (χ3n) is 14.6. The molecule has 2 saturated heterocycles. The average molecular weight is 707 g/mol. The van der Waals surface area contributed by atoms with E-state index in [1.54, 1.807) is 22.3 Å². The van der Waals surface area contributed by atoms with Crippen LogP contribution in [0.25, 0.3) is 0 Å².